The average Bonchev–Trinajstić information content (AvgIpc) is 3.26. The Bertz CT molecular complexity index is 1430. The SMILES string of the molecule is C=C1C[C@@]23O[C@]2(c2ccccc21)C1CC(OC(=O)[C@H](O)[C@@H](NC(=O)CCC2CCCC2)c2ccccc2)C3(C)C1(C)C. The van der Waals surface area contributed by atoms with Gasteiger partial charge in [0.2, 0.25) is 5.91 Å². The summed E-state index contributed by atoms with van der Waals surface area (Å²) in [5, 5.41) is 14.4. The molecule has 7 atom stereocenters. The molecule has 1 heterocycles. The summed E-state index contributed by atoms with van der Waals surface area (Å²) in [6.07, 6.45) is 5.43. The Morgan fingerprint density at radius 1 is 1.07 bits per heavy atom. The van der Waals surface area contributed by atoms with E-state index in [0.29, 0.717) is 30.7 Å². The molecule has 0 spiro atoms. The number of epoxide rings is 1. The zero-order valence-corrected chi connectivity index (χ0v) is 25.0. The van der Waals surface area contributed by atoms with Crippen molar-refractivity contribution >= 4 is 17.4 Å². The molecule has 1 saturated heterocycles. The first kappa shape index (κ1) is 27.8. The highest BCUT2D eigenvalue weighted by Gasteiger charge is 2.95. The highest BCUT2D eigenvalue weighted by Crippen LogP contribution is 2.89. The second-order valence-corrected chi connectivity index (χ2v) is 14.2. The van der Waals surface area contributed by atoms with Crippen molar-refractivity contribution in [2.45, 2.75) is 102 Å². The molecular formula is C36H43NO5. The van der Waals surface area contributed by atoms with Crippen LogP contribution in [0.15, 0.2) is 61.2 Å². The molecule has 1 amide bonds. The molecule has 2 bridgehead atoms. The van der Waals surface area contributed by atoms with Crippen molar-refractivity contribution in [2.24, 2.45) is 22.7 Å². The number of aliphatic hydroxyl groups excluding tert-OH is 1. The van der Waals surface area contributed by atoms with Gasteiger partial charge in [-0.1, -0.05) is 108 Å². The van der Waals surface area contributed by atoms with Crippen molar-refractivity contribution in [3.63, 3.8) is 0 Å². The van der Waals surface area contributed by atoms with E-state index in [-0.39, 0.29) is 17.2 Å². The molecule has 42 heavy (non-hydrogen) atoms. The van der Waals surface area contributed by atoms with Crippen LogP contribution in [0.3, 0.4) is 0 Å². The number of amides is 1. The number of hydrogen-bond donors (Lipinski definition) is 2. The zero-order valence-electron chi connectivity index (χ0n) is 25.0. The molecular weight excluding hydrogens is 526 g/mol. The molecule has 2 N–H and O–H groups in total. The van der Waals surface area contributed by atoms with E-state index in [2.05, 4.69) is 56.9 Å². The number of hydrogen-bond acceptors (Lipinski definition) is 5. The smallest absolute Gasteiger partial charge is 0.337 e. The minimum atomic E-state index is -1.53. The van der Waals surface area contributed by atoms with E-state index in [1.54, 1.807) is 0 Å². The van der Waals surface area contributed by atoms with Gasteiger partial charge in [-0.3, -0.25) is 4.79 Å². The van der Waals surface area contributed by atoms with E-state index < -0.39 is 40.8 Å². The molecule has 4 fully saturated rings. The molecule has 6 nitrogen and oxygen atoms in total. The van der Waals surface area contributed by atoms with Crippen molar-refractivity contribution in [1.82, 2.24) is 5.32 Å². The Hall–Kier alpha value is -2.96. The minimum absolute atomic E-state index is 0.148. The molecule has 222 valence electrons. The second kappa shape index (κ2) is 9.52. The number of benzene rings is 2. The number of carbonyl (C=O) groups excluding carboxylic acids is 2. The standard InChI is InChI=1S/C36H43NO5/c1-22-21-35-34(4)28(20-27(33(34,2)3)36(35,42-35)26-17-11-10-16-25(22)26)41-32(40)31(39)30(24-14-6-5-7-15-24)37-29(38)19-18-23-12-8-9-13-23/h5-7,10-11,14-17,23,27-28,30-31,39H,1,8-9,12-13,18-21H2,2-4H3,(H,37,38)/t27?,28?,30-,31+,34?,35-,36+/m0/s1. The van der Waals surface area contributed by atoms with Crippen LogP contribution in [0.4, 0.5) is 0 Å². The summed E-state index contributed by atoms with van der Waals surface area (Å²) in [4.78, 5) is 26.8. The van der Waals surface area contributed by atoms with Gasteiger partial charge in [-0.25, -0.2) is 4.79 Å². The van der Waals surface area contributed by atoms with Crippen LogP contribution in [0.2, 0.25) is 0 Å². The van der Waals surface area contributed by atoms with Gasteiger partial charge in [0.1, 0.15) is 17.3 Å². The third-order valence-electron chi connectivity index (χ3n) is 12.2. The van der Waals surface area contributed by atoms with Crippen LogP contribution >= 0.6 is 0 Å². The summed E-state index contributed by atoms with van der Waals surface area (Å²) in [5.74, 6) is -0.113. The predicted molar refractivity (Wildman–Crippen MR) is 160 cm³/mol. The van der Waals surface area contributed by atoms with Gasteiger partial charge in [0.25, 0.3) is 0 Å². The number of carbonyl (C=O) groups is 2. The van der Waals surface area contributed by atoms with Crippen LogP contribution in [0.5, 0.6) is 0 Å². The molecule has 0 aromatic heterocycles. The summed E-state index contributed by atoms with van der Waals surface area (Å²) < 4.78 is 13.1. The fraction of sp³-hybridized carbons (Fsp3) is 0.556. The Morgan fingerprint density at radius 2 is 1.76 bits per heavy atom. The summed E-state index contributed by atoms with van der Waals surface area (Å²) in [7, 11) is 0. The maximum absolute atomic E-state index is 13.7. The highest BCUT2D eigenvalue weighted by molar-refractivity contribution is 5.81. The summed E-state index contributed by atoms with van der Waals surface area (Å²) in [6, 6.07) is 16.8. The molecule has 4 aliphatic carbocycles. The van der Waals surface area contributed by atoms with Crippen LogP contribution in [-0.2, 0) is 24.7 Å². The first-order valence-corrected chi connectivity index (χ1v) is 15.8. The third kappa shape index (κ3) is 3.57. The van der Waals surface area contributed by atoms with E-state index in [1.165, 1.54) is 36.8 Å². The lowest BCUT2D eigenvalue weighted by molar-refractivity contribution is -0.172. The summed E-state index contributed by atoms with van der Waals surface area (Å²) in [6.45, 7) is 11.2. The lowest BCUT2D eigenvalue weighted by atomic mass is 9.59. The topological polar surface area (TPSA) is 88.2 Å². The Morgan fingerprint density at radius 3 is 2.50 bits per heavy atom. The molecule has 6 heteroatoms. The van der Waals surface area contributed by atoms with Crippen LogP contribution < -0.4 is 5.32 Å². The molecule has 2 aromatic rings. The predicted octanol–water partition coefficient (Wildman–Crippen LogP) is 6.23. The number of fused-ring (bicyclic) bond motifs is 3. The van der Waals surface area contributed by atoms with E-state index in [1.807, 2.05) is 30.3 Å². The maximum Gasteiger partial charge on any atom is 0.337 e. The van der Waals surface area contributed by atoms with Gasteiger partial charge in [-0.15, -0.1) is 0 Å². The lowest BCUT2D eigenvalue weighted by Gasteiger charge is -2.45. The summed E-state index contributed by atoms with van der Waals surface area (Å²) in [5.41, 5.74) is 2.56. The monoisotopic (exact) mass is 569 g/mol. The number of ether oxygens (including phenoxy) is 2. The van der Waals surface area contributed by atoms with E-state index in [0.717, 1.165) is 12.0 Å². The Balaban J connectivity index is 1.12. The molecule has 0 radical (unpaired) electrons. The van der Waals surface area contributed by atoms with Crippen molar-refractivity contribution in [1.29, 1.82) is 0 Å². The Labute approximate surface area is 248 Å². The van der Waals surface area contributed by atoms with Crippen LogP contribution in [0.25, 0.3) is 5.57 Å². The van der Waals surface area contributed by atoms with Gasteiger partial charge in [-0.05, 0) is 46.4 Å². The number of aliphatic hydroxyl groups is 1. The fourth-order valence-corrected chi connectivity index (χ4v) is 9.79. The van der Waals surface area contributed by atoms with Crippen LogP contribution in [0.1, 0.15) is 94.9 Å². The van der Waals surface area contributed by atoms with Gasteiger partial charge in [-0.2, -0.15) is 0 Å². The second-order valence-electron chi connectivity index (χ2n) is 14.2. The van der Waals surface area contributed by atoms with Gasteiger partial charge >= 0.3 is 5.97 Å². The number of rotatable bonds is 8. The number of esters is 1. The van der Waals surface area contributed by atoms with Gasteiger partial charge in [0, 0.05) is 24.2 Å². The zero-order chi connectivity index (χ0) is 29.5. The molecule has 1 aliphatic heterocycles. The van der Waals surface area contributed by atoms with E-state index >= 15 is 0 Å². The molecule has 3 saturated carbocycles. The van der Waals surface area contributed by atoms with Crippen LogP contribution in [-0.4, -0.2) is 34.8 Å². The highest BCUT2D eigenvalue weighted by atomic mass is 16.6. The molecule has 7 rings (SSSR count). The van der Waals surface area contributed by atoms with Crippen molar-refractivity contribution in [3.8, 4) is 0 Å². The average molecular weight is 570 g/mol. The lowest BCUT2D eigenvalue weighted by Crippen LogP contribution is -2.53. The first-order valence-electron chi connectivity index (χ1n) is 15.8. The molecule has 3 unspecified atom stereocenters. The maximum atomic E-state index is 13.7. The summed E-state index contributed by atoms with van der Waals surface area (Å²) >= 11 is 0. The quantitative estimate of drug-likeness (QED) is 0.291. The molecule has 2 aromatic carbocycles. The van der Waals surface area contributed by atoms with Crippen LogP contribution in [0, 0.1) is 22.7 Å². The molecule has 5 aliphatic rings. The first-order chi connectivity index (χ1) is 20.1. The normalized spacial score (nSPS) is 35.1. The van der Waals surface area contributed by atoms with E-state index in [4.69, 9.17) is 9.47 Å². The number of nitrogens with one attached hydrogen (secondary N) is 1. The minimum Gasteiger partial charge on any atom is -0.460 e. The Kier molecular flexibility index (Phi) is 6.31. The van der Waals surface area contributed by atoms with Crippen molar-refractivity contribution in [3.05, 3.63) is 77.9 Å². The van der Waals surface area contributed by atoms with Gasteiger partial charge < -0.3 is 19.9 Å². The van der Waals surface area contributed by atoms with Crippen molar-refractivity contribution < 1.29 is 24.2 Å². The van der Waals surface area contributed by atoms with Gasteiger partial charge in [0.05, 0.1) is 6.04 Å². The van der Waals surface area contributed by atoms with Crippen molar-refractivity contribution in [2.75, 3.05) is 0 Å². The van der Waals surface area contributed by atoms with Gasteiger partial charge in [0.15, 0.2) is 6.10 Å². The fourth-order valence-electron chi connectivity index (χ4n) is 9.79. The third-order valence-corrected chi connectivity index (χ3v) is 12.2. The van der Waals surface area contributed by atoms with E-state index in [9.17, 15) is 14.7 Å². The largest absolute Gasteiger partial charge is 0.460 e.